The first kappa shape index (κ1) is 11.6. The van der Waals surface area contributed by atoms with Crippen LogP contribution >= 0.6 is 0 Å². The van der Waals surface area contributed by atoms with Gasteiger partial charge in [0.05, 0.1) is 24.9 Å². The number of hydrogen-bond donors (Lipinski definition) is 1. The number of morpholine rings is 1. The predicted molar refractivity (Wildman–Crippen MR) is 62.0 cm³/mol. The highest BCUT2D eigenvalue weighted by Crippen LogP contribution is 2.21. The van der Waals surface area contributed by atoms with Crippen LogP contribution in [0.3, 0.4) is 0 Å². The Morgan fingerprint density at radius 1 is 1.69 bits per heavy atom. The topological polar surface area (TPSA) is 56.3 Å². The third-order valence-electron chi connectivity index (χ3n) is 3.05. The highest BCUT2D eigenvalue weighted by molar-refractivity contribution is 5.11. The number of hydrogen-bond acceptors (Lipinski definition) is 4. The van der Waals surface area contributed by atoms with E-state index in [1.54, 1.807) is 0 Å². The molecule has 2 heterocycles. The van der Waals surface area contributed by atoms with Gasteiger partial charge in [-0.1, -0.05) is 0 Å². The maximum atomic E-state index is 5.87. The molecule has 0 aromatic carbocycles. The molecule has 1 aromatic heterocycles. The quantitative estimate of drug-likeness (QED) is 0.793. The summed E-state index contributed by atoms with van der Waals surface area (Å²) in [7, 11) is 1.93. The average molecular weight is 224 g/mol. The Hall–Kier alpha value is -0.910. The van der Waals surface area contributed by atoms with Crippen molar-refractivity contribution in [1.29, 1.82) is 0 Å². The third kappa shape index (κ3) is 2.42. The molecule has 0 saturated carbocycles. The summed E-state index contributed by atoms with van der Waals surface area (Å²) in [5, 5.41) is 4.20. The SMILES string of the molecule is CC1CN(C(CN)c2cnn(C)c2)CCO1. The van der Waals surface area contributed by atoms with Gasteiger partial charge in [-0.05, 0) is 6.92 Å². The zero-order valence-electron chi connectivity index (χ0n) is 9.97. The molecule has 5 nitrogen and oxygen atoms in total. The lowest BCUT2D eigenvalue weighted by molar-refractivity contribution is -0.0333. The number of aryl methyl sites for hydroxylation is 1. The summed E-state index contributed by atoms with van der Waals surface area (Å²) in [4.78, 5) is 2.38. The third-order valence-corrected chi connectivity index (χ3v) is 3.05. The van der Waals surface area contributed by atoms with E-state index >= 15 is 0 Å². The zero-order valence-corrected chi connectivity index (χ0v) is 9.97. The van der Waals surface area contributed by atoms with Gasteiger partial charge in [0.25, 0.3) is 0 Å². The molecule has 2 atom stereocenters. The highest BCUT2D eigenvalue weighted by atomic mass is 16.5. The van der Waals surface area contributed by atoms with Crippen LogP contribution in [0.2, 0.25) is 0 Å². The van der Waals surface area contributed by atoms with Crippen LogP contribution in [-0.2, 0) is 11.8 Å². The largest absolute Gasteiger partial charge is 0.376 e. The molecule has 1 fully saturated rings. The Balaban J connectivity index is 2.09. The Morgan fingerprint density at radius 3 is 3.06 bits per heavy atom. The van der Waals surface area contributed by atoms with Gasteiger partial charge in [-0.25, -0.2) is 0 Å². The maximum Gasteiger partial charge on any atom is 0.0674 e. The van der Waals surface area contributed by atoms with E-state index in [1.165, 1.54) is 5.56 Å². The Kier molecular flexibility index (Phi) is 3.58. The molecule has 0 radical (unpaired) electrons. The molecule has 5 heteroatoms. The molecule has 1 aliphatic rings. The van der Waals surface area contributed by atoms with Gasteiger partial charge in [0.15, 0.2) is 0 Å². The second-order valence-corrected chi connectivity index (χ2v) is 4.38. The molecule has 1 aliphatic heterocycles. The van der Waals surface area contributed by atoms with Gasteiger partial charge >= 0.3 is 0 Å². The second kappa shape index (κ2) is 4.95. The summed E-state index contributed by atoms with van der Waals surface area (Å²) >= 11 is 0. The van der Waals surface area contributed by atoms with E-state index in [-0.39, 0.29) is 6.04 Å². The van der Waals surface area contributed by atoms with E-state index in [1.807, 2.05) is 24.1 Å². The van der Waals surface area contributed by atoms with Crippen molar-refractivity contribution < 1.29 is 4.74 Å². The minimum Gasteiger partial charge on any atom is -0.376 e. The van der Waals surface area contributed by atoms with Crippen LogP contribution in [0.5, 0.6) is 0 Å². The van der Waals surface area contributed by atoms with E-state index in [9.17, 15) is 0 Å². The fourth-order valence-corrected chi connectivity index (χ4v) is 2.24. The van der Waals surface area contributed by atoms with Crippen LogP contribution in [0.1, 0.15) is 18.5 Å². The second-order valence-electron chi connectivity index (χ2n) is 4.38. The van der Waals surface area contributed by atoms with Crippen molar-refractivity contribution in [3.63, 3.8) is 0 Å². The molecule has 0 amide bonds. The summed E-state index contributed by atoms with van der Waals surface area (Å²) < 4.78 is 7.36. The monoisotopic (exact) mass is 224 g/mol. The van der Waals surface area contributed by atoms with Gasteiger partial charge in [-0.3, -0.25) is 9.58 Å². The van der Waals surface area contributed by atoms with Crippen LogP contribution in [0.25, 0.3) is 0 Å². The van der Waals surface area contributed by atoms with Crippen LogP contribution in [0, 0.1) is 0 Å². The number of ether oxygens (including phenoxy) is 1. The molecule has 2 unspecified atom stereocenters. The van der Waals surface area contributed by atoms with Crippen molar-refractivity contribution in [2.24, 2.45) is 12.8 Å². The van der Waals surface area contributed by atoms with Crippen molar-refractivity contribution in [2.75, 3.05) is 26.2 Å². The first-order valence-corrected chi connectivity index (χ1v) is 5.75. The Bertz CT molecular complexity index is 338. The minimum absolute atomic E-state index is 0.264. The normalized spacial score (nSPS) is 24.6. The summed E-state index contributed by atoms with van der Waals surface area (Å²) in [6, 6.07) is 0.264. The van der Waals surface area contributed by atoms with Gasteiger partial charge < -0.3 is 10.5 Å². The summed E-state index contributed by atoms with van der Waals surface area (Å²) in [5.41, 5.74) is 7.06. The number of aromatic nitrogens is 2. The lowest BCUT2D eigenvalue weighted by atomic mass is 10.1. The van der Waals surface area contributed by atoms with E-state index in [2.05, 4.69) is 16.9 Å². The fraction of sp³-hybridized carbons (Fsp3) is 0.727. The van der Waals surface area contributed by atoms with Crippen molar-refractivity contribution >= 4 is 0 Å². The van der Waals surface area contributed by atoms with Crippen molar-refractivity contribution in [3.8, 4) is 0 Å². The molecule has 16 heavy (non-hydrogen) atoms. The molecule has 0 bridgehead atoms. The lowest BCUT2D eigenvalue weighted by Gasteiger charge is -2.36. The molecule has 0 aliphatic carbocycles. The van der Waals surface area contributed by atoms with Crippen LogP contribution in [-0.4, -0.2) is 47.0 Å². The summed E-state index contributed by atoms with van der Waals surface area (Å²) in [6.07, 6.45) is 4.23. The molecule has 1 saturated heterocycles. The van der Waals surface area contributed by atoms with Crippen LogP contribution in [0.4, 0.5) is 0 Å². The summed E-state index contributed by atoms with van der Waals surface area (Å²) in [6.45, 7) is 5.40. The van der Waals surface area contributed by atoms with E-state index in [0.717, 1.165) is 19.7 Å². The molecule has 90 valence electrons. The van der Waals surface area contributed by atoms with Crippen molar-refractivity contribution in [2.45, 2.75) is 19.1 Å². The minimum atomic E-state index is 0.264. The molecule has 2 N–H and O–H groups in total. The molecular weight excluding hydrogens is 204 g/mol. The predicted octanol–water partition coefficient (Wildman–Crippen LogP) is 0.141. The van der Waals surface area contributed by atoms with Crippen LogP contribution in [0.15, 0.2) is 12.4 Å². The first-order chi connectivity index (χ1) is 7.70. The van der Waals surface area contributed by atoms with E-state index in [0.29, 0.717) is 12.6 Å². The first-order valence-electron chi connectivity index (χ1n) is 5.75. The Morgan fingerprint density at radius 2 is 2.50 bits per heavy atom. The number of nitrogens with zero attached hydrogens (tertiary/aromatic N) is 3. The standard InChI is InChI=1S/C11H20N4O/c1-9-7-15(3-4-16-9)11(5-12)10-6-13-14(2)8-10/h6,8-9,11H,3-5,7,12H2,1-2H3. The van der Waals surface area contributed by atoms with Crippen LogP contribution < -0.4 is 5.73 Å². The van der Waals surface area contributed by atoms with Gasteiger partial charge in [0.1, 0.15) is 0 Å². The molecule has 2 rings (SSSR count). The van der Waals surface area contributed by atoms with Gasteiger partial charge in [-0.15, -0.1) is 0 Å². The molecule has 0 spiro atoms. The number of nitrogens with two attached hydrogens (primary N) is 1. The number of rotatable bonds is 3. The smallest absolute Gasteiger partial charge is 0.0674 e. The molecule has 1 aromatic rings. The van der Waals surface area contributed by atoms with Gasteiger partial charge in [-0.2, -0.15) is 5.10 Å². The van der Waals surface area contributed by atoms with Crippen molar-refractivity contribution in [1.82, 2.24) is 14.7 Å². The van der Waals surface area contributed by atoms with Crippen molar-refractivity contribution in [3.05, 3.63) is 18.0 Å². The van der Waals surface area contributed by atoms with Gasteiger partial charge in [0.2, 0.25) is 0 Å². The maximum absolute atomic E-state index is 5.87. The van der Waals surface area contributed by atoms with E-state index < -0.39 is 0 Å². The summed E-state index contributed by atoms with van der Waals surface area (Å²) in [5.74, 6) is 0. The van der Waals surface area contributed by atoms with Gasteiger partial charge in [0, 0.05) is 38.4 Å². The average Bonchev–Trinajstić information content (AvgIpc) is 2.66. The van der Waals surface area contributed by atoms with E-state index in [4.69, 9.17) is 10.5 Å². The zero-order chi connectivity index (χ0) is 11.5. The lowest BCUT2D eigenvalue weighted by Crippen LogP contribution is -2.45. The fourth-order valence-electron chi connectivity index (χ4n) is 2.24. The Labute approximate surface area is 96.2 Å². The molecular formula is C11H20N4O. The highest BCUT2D eigenvalue weighted by Gasteiger charge is 2.25.